The van der Waals surface area contributed by atoms with Crippen molar-refractivity contribution >= 4 is 17.7 Å². The summed E-state index contributed by atoms with van der Waals surface area (Å²) in [5.74, 6) is 0.0190. The van der Waals surface area contributed by atoms with Crippen molar-refractivity contribution in [2.75, 3.05) is 18.0 Å². The Kier molecular flexibility index (Phi) is 7.61. The molecule has 2 aromatic carbocycles. The Hall–Kier alpha value is -2.86. The van der Waals surface area contributed by atoms with E-state index in [1.54, 1.807) is 6.92 Å². The van der Waals surface area contributed by atoms with E-state index in [-0.39, 0.29) is 30.2 Å². The number of carbonyl (C=O) groups excluding carboxylic acids is 2. The monoisotopic (exact) mass is 489 g/mol. The van der Waals surface area contributed by atoms with Crippen LogP contribution < -0.4 is 10.2 Å². The molecule has 1 N–H and O–H groups in total. The van der Waals surface area contributed by atoms with Crippen LogP contribution in [-0.4, -0.2) is 42.1 Å². The topological polar surface area (TPSA) is 61.9 Å². The normalized spacial score (nSPS) is 22.8. The summed E-state index contributed by atoms with van der Waals surface area (Å²) in [4.78, 5) is 29.6. The van der Waals surface area contributed by atoms with Gasteiger partial charge in [0.25, 0.3) is 0 Å². The maximum absolute atomic E-state index is 12.7. The van der Waals surface area contributed by atoms with Gasteiger partial charge in [0.05, 0.1) is 6.04 Å². The highest BCUT2D eigenvalue weighted by Crippen LogP contribution is 2.40. The molecule has 0 spiro atoms. The maximum Gasteiger partial charge on any atom is 0.407 e. The van der Waals surface area contributed by atoms with E-state index in [0.717, 1.165) is 54.6 Å². The largest absolute Gasteiger partial charge is 0.446 e. The van der Waals surface area contributed by atoms with Crippen molar-refractivity contribution in [2.45, 2.75) is 89.9 Å². The van der Waals surface area contributed by atoms with Crippen LogP contribution in [0.4, 0.5) is 10.5 Å². The molecule has 2 heterocycles. The number of likely N-dealkylation sites (tertiary alicyclic amines) is 1. The van der Waals surface area contributed by atoms with Crippen molar-refractivity contribution < 1.29 is 14.3 Å². The molecule has 0 aromatic heterocycles. The molecular weight excluding hydrogens is 450 g/mol. The summed E-state index contributed by atoms with van der Waals surface area (Å²) in [5.41, 5.74) is 5.41. The van der Waals surface area contributed by atoms with Gasteiger partial charge in [0.2, 0.25) is 5.91 Å². The van der Waals surface area contributed by atoms with Crippen LogP contribution in [0.5, 0.6) is 0 Å². The van der Waals surface area contributed by atoms with E-state index in [0.29, 0.717) is 6.42 Å². The van der Waals surface area contributed by atoms with E-state index in [4.69, 9.17) is 4.74 Å². The van der Waals surface area contributed by atoms with Crippen LogP contribution in [0.15, 0.2) is 42.5 Å². The first-order valence-electron chi connectivity index (χ1n) is 13.7. The number of fused-ring (bicyclic) bond motifs is 1. The van der Waals surface area contributed by atoms with Gasteiger partial charge >= 0.3 is 6.09 Å². The van der Waals surface area contributed by atoms with E-state index in [1.165, 1.54) is 37.9 Å². The van der Waals surface area contributed by atoms with Crippen LogP contribution in [0.2, 0.25) is 0 Å². The molecule has 6 heteroatoms. The molecule has 3 aliphatic rings. The summed E-state index contributed by atoms with van der Waals surface area (Å²) in [6.07, 6.45) is 8.40. The lowest BCUT2D eigenvalue weighted by molar-refractivity contribution is -0.117. The molecule has 2 atom stereocenters. The van der Waals surface area contributed by atoms with Gasteiger partial charge in [0.15, 0.2) is 0 Å². The highest BCUT2D eigenvalue weighted by Gasteiger charge is 2.34. The second-order valence-electron chi connectivity index (χ2n) is 10.8. The van der Waals surface area contributed by atoms with Crippen molar-refractivity contribution in [1.82, 2.24) is 10.2 Å². The van der Waals surface area contributed by atoms with Crippen molar-refractivity contribution in [3.8, 4) is 11.1 Å². The number of nitrogens with zero attached hydrogens (tertiary/aromatic N) is 2. The van der Waals surface area contributed by atoms with Crippen LogP contribution in [0.3, 0.4) is 0 Å². The smallest absolute Gasteiger partial charge is 0.407 e. The number of carbonyl (C=O) groups is 2. The third kappa shape index (κ3) is 5.59. The number of hydrogen-bond donors (Lipinski definition) is 1. The van der Waals surface area contributed by atoms with E-state index in [9.17, 15) is 9.59 Å². The van der Waals surface area contributed by atoms with E-state index < -0.39 is 0 Å². The minimum Gasteiger partial charge on any atom is -0.446 e. The maximum atomic E-state index is 12.7. The molecule has 2 aromatic rings. The molecule has 36 heavy (non-hydrogen) atoms. The second-order valence-corrected chi connectivity index (χ2v) is 10.8. The fraction of sp³-hybridized carbons (Fsp3) is 0.533. The highest BCUT2D eigenvalue weighted by atomic mass is 16.6. The number of benzene rings is 2. The van der Waals surface area contributed by atoms with Gasteiger partial charge in [0, 0.05) is 25.2 Å². The standard InChI is InChI=1S/C30H39N3O3/c1-21-18-28(31-30(35)36-26-8-4-5-9-26)27-19-25(14-15-29(27)33(21)22(2)34)24-12-10-23(11-13-24)20-32-16-6-3-7-17-32/h10-15,19,21,26,28H,3-9,16-18,20H2,1-2H3,(H,31,35)/t21?,28-/m0/s1. The van der Waals surface area contributed by atoms with Crippen LogP contribution >= 0.6 is 0 Å². The van der Waals surface area contributed by atoms with Gasteiger partial charge in [-0.15, -0.1) is 0 Å². The molecule has 0 radical (unpaired) electrons. The Morgan fingerprint density at radius 2 is 1.64 bits per heavy atom. The number of nitrogens with one attached hydrogen (secondary N) is 1. The van der Waals surface area contributed by atoms with Crippen molar-refractivity contribution in [2.24, 2.45) is 0 Å². The molecule has 1 saturated heterocycles. The predicted molar refractivity (Wildman–Crippen MR) is 143 cm³/mol. The summed E-state index contributed by atoms with van der Waals surface area (Å²) < 4.78 is 5.69. The molecular formula is C30H39N3O3. The predicted octanol–water partition coefficient (Wildman–Crippen LogP) is 6.19. The van der Waals surface area contributed by atoms with Gasteiger partial charge in [-0.25, -0.2) is 4.79 Å². The molecule has 2 aliphatic heterocycles. The van der Waals surface area contributed by atoms with Gasteiger partial charge in [-0.2, -0.15) is 0 Å². The molecule has 192 valence electrons. The number of hydrogen-bond acceptors (Lipinski definition) is 4. The molecule has 5 rings (SSSR count). The Morgan fingerprint density at radius 3 is 2.33 bits per heavy atom. The van der Waals surface area contributed by atoms with E-state index >= 15 is 0 Å². The zero-order valence-corrected chi connectivity index (χ0v) is 21.7. The Morgan fingerprint density at radius 1 is 0.944 bits per heavy atom. The zero-order chi connectivity index (χ0) is 25.1. The zero-order valence-electron chi connectivity index (χ0n) is 21.7. The first kappa shape index (κ1) is 24.8. The number of ether oxygens (including phenoxy) is 1. The number of piperidine rings is 1. The summed E-state index contributed by atoms with van der Waals surface area (Å²) >= 11 is 0. The lowest BCUT2D eigenvalue weighted by Gasteiger charge is -2.39. The average molecular weight is 490 g/mol. The molecule has 6 nitrogen and oxygen atoms in total. The number of alkyl carbamates (subject to hydrolysis) is 1. The minimum atomic E-state index is -0.353. The van der Waals surface area contributed by atoms with Gasteiger partial charge in [-0.3, -0.25) is 9.69 Å². The average Bonchev–Trinajstić information content (AvgIpc) is 3.37. The van der Waals surface area contributed by atoms with E-state index in [1.807, 2.05) is 17.9 Å². The number of amides is 2. The fourth-order valence-electron chi connectivity index (χ4n) is 6.17. The molecule has 2 amide bonds. The summed E-state index contributed by atoms with van der Waals surface area (Å²) in [7, 11) is 0. The van der Waals surface area contributed by atoms with Crippen molar-refractivity contribution in [3.05, 3.63) is 53.6 Å². The molecule has 1 saturated carbocycles. The first-order valence-corrected chi connectivity index (χ1v) is 13.7. The number of anilines is 1. The van der Waals surface area contributed by atoms with Crippen LogP contribution in [0.1, 0.15) is 82.4 Å². The van der Waals surface area contributed by atoms with Crippen LogP contribution in [0.25, 0.3) is 11.1 Å². The Balaban J connectivity index is 1.37. The third-order valence-corrected chi connectivity index (χ3v) is 8.03. The van der Waals surface area contributed by atoms with Gasteiger partial charge < -0.3 is 15.0 Å². The van der Waals surface area contributed by atoms with Crippen LogP contribution in [0, 0.1) is 0 Å². The number of rotatable bonds is 5. The Labute approximate surface area is 215 Å². The van der Waals surface area contributed by atoms with Crippen molar-refractivity contribution in [3.63, 3.8) is 0 Å². The summed E-state index contributed by atoms with van der Waals surface area (Å²) in [5, 5.41) is 3.12. The lowest BCUT2D eigenvalue weighted by Crippen LogP contribution is -2.45. The molecule has 1 unspecified atom stereocenters. The van der Waals surface area contributed by atoms with Gasteiger partial charge in [-0.05, 0) is 99.3 Å². The summed E-state index contributed by atoms with van der Waals surface area (Å²) in [6, 6.07) is 14.9. The fourth-order valence-corrected chi connectivity index (χ4v) is 6.17. The quantitative estimate of drug-likeness (QED) is 0.544. The third-order valence-electron chi connectivity index (χ3n) is 8.03. The Bertz CT molecular complexity index is 1070. The van der Waals surface area contributed by atoms with E-state index in [2.05, 4.69) is 46.6 Å². The van der Waals surface area contributed by atoms with Gasteiger partial charge in [-0.1, -0.05) is 36.8 Å². The first-order chi connectivity index (χ1) is 17.5. The van der Waals surface area contributed by atoms with Gasteiger partial charge in [0.1, 0.15) is 6.10 Å². The highest BCUT2D eigenvalue weighted by molar-refractivity contribution is 5.94. The SMILES string of the molecule is CC(=O)N1c2ccc(-c3ccc(CN4CCCCC4)cc3)cc2[C@@H](NC(=O)OC2CCCC2)CC1C. The summed E-state index contributed by atoms with van der Waals surface area (Å²) in [6.45, 7) is 7.03. The second kappa shape index (κ2) is 11.0. The van der Waals surface area contributed by atoms with Crippen LogP contribution in [-0.2, 0) is 16.1 Å². The van der Waals surface area contributed by atoms with Crippen molar-refractivity contribution in [1.29, 1.82) is 0 Å². The molecule has 2 fully saturated rings. The minimum absolute atomic E-state index is 0.00768. The molecule has 0 bridgehead atoms. The lowest BCUT2D eigenvalue weighted by atomic mass is 9.89. The molecule has 1 aliphatic carbocycles.